The lowest BCUT2D eigenvalue weighted by molar-refractivity contribution is 0.0885. The molecule has 130 valence electrons. The first-order valence-corrected chi connectivity index (χ1v) is 8.86. The molecule has 0 radical (unpaired) electrons. The molecule has 0 bridgehead atoms. The number of ether oxygens (including phenoxy) is 1. The van der Waals surface area contributed by atoms with Crippen LogP contribution in [0.5, 0.6) is 5.75 Å². The molecule has 1 saturated heterocycles. The van der Waals surface area contributed by atoms with Crippen LogP contribution in [0.15, 0.2) is 18.2 Å². The number of likely N-dealkylation sites (tertiary alicyclic amines) is 1. The van der Waals surface area contributed by atoms with Crippen molar-refractivity contribution < 1.29 is 14.3 Å². The molecule has 3 rings (SSSR count). The minimum absolute atomic E-state index is 0.0276. The van der Waals surface area contributed by atoms with Gasteiger partial charge in [0.15, 0.2) is 5.78 Å². The van der Waals surface area contributed by atoms with Crippen molar-refractivity contribution in [3.05, 3.63) is 29.3 Å². The molecule has 1 aromatic carbocycles. The van der Waals surface area contributed by atoms with Crippen molar-refractivity contribution in [3.8, 4) is 5.75 Å². The maximum Gasteiger partial charge on any atom is 0.318 e. The van der Waals surface area contributed by atoms with E-state index in [1.54, 1.807) is 18.1 Å². The number of carbonyl (C=O) groups is 2. The fraction of sp³-hybridized carbons (Fsp3) is 0.579. The van der Waals surface area contributed by atoms with Crippen LogP contribution in [0.4, 0.5) is 4.79 Å². The van der Waals surface area contributed by atoms with Crippen molar-refractivity contribution in [2.45, 2.75) is 57.5 Å². The summed E-state index contributed by atoms with van der Waals surface area (Å²) in [5.41, 5.74) is 1.59. The Hall–Kier alpha value is -2.04. The van der Waals surface area contributed by atoms with E-state index in [2.05, 4.69) is 5.32 Å². The van der Waals surface area contributed by atoms with Gasteiger partial charge in [-0.05, 0) is 56.4 Å². The monoisotopic (exact) mass is 330 g/mol. The quantitative estimate of drug-likeness (QED) is 0.862. The first kappa shape index (κ1) is 16.8. The second-order valence-corrected chi connectivity index (χ2v) is 6.83. The summed E-state index contributed by atoms with van der Waals surface area (Å²) in [5, 5.41) is 3.10. The van der Waals surface area contributed by atoms with Gasteiger partial charge in [0, 0.05) is 18.2 Å². The predicted molar refractivity (Wildman–Crippen MR) is 92.6 cm³/mol. The number of benzene rings is 1. The Labute approximate surface area is 143 Å². The van der Waals surface area contributed by atoms with Gasteiger partial charge in [-0.15, -0.1) is 0 Å². The van der Waals surface area contributed by atoms with Crippen LogP contribution < -0.4 is 10.1 Å². The second kappa shape index (κ2) is 7.24. The number of amides is 2. The van der Waals surface area contributed by atoms with Crippen LogP contribution in [0.2, 0.25) is 0 Å². The fourth-order valence-electron chi connectivity index (χ4n) is 3.83. The summed E-state index contributed by atoms with van der Waals surface area (Å²) in [7, 11) is 1.62. The van der Waals surface area contributed by atoms with Gasteiger partial charge in [-0.2, -0.15) is 0 Å². The van der Waals surface area contributed by atoms with E-state index in [4.69, 9.17) is 4.74 Å². The van der Waals surface area contributed by atoms with Crippen LogP contribution in [-0.2, 0) is 0 Å². The van der Waals surface area contributed by atoms with E-state index in [1.807, 2.05) is 19.1 Å². The van der Waals surface area contributed by atoms with E-state index in [0.29, 0.717) is 12.1 Å². The Morgan fingerprint density at radius 3 is 2.58 bits per heavy atom. The SMILES string of the molecule is COc1ccc(C(=O)C2CCCN2C(=O)NC2CCCC2)cc1C. The molecule has 2 aliphatic rings. The molecule has 1 aliphatic heterocycles. The molecule has 1 unspecified atom stereocenters. The lowest BCUT2D eigenvalue weighted by atomic mass is 10.00. The molecule has 1 heterocycles. The number of nitrogens with one attached hydrogen (secondary N) is 1. The number of ketones is 1. The van der Waals surface area contributed by atoms with Gasteiger partial charge in [-0.1, -0.05) is 12.8 Å². The molecule has 0 spiro atoms. The highest BCUT2D eigenvalue weighted by Crippen LogP contribution is 2.25. The summed E-state index contributed by atoms with van der Waals surface area (Å²) in [5.74, 6) is 0.800. The average molecular weight is 330 g/mol. The Morgan fingerprint density at radius 1 is 1.17 bits per heavy atom. The molecule has 1 N–H and O–H groups in total. The van der Waals surface area contributed by atoms with Crippen LogP contribution in [0.1, 0.15) is 54.4 Å². The lowest BCUT2D eigenvalue weighted by Gasteiger charge is -2.26. The zero-order valence-electron chi connectivity index (χ0n) is 14.5. The summed E-state index contributed by atoms with van der Waals surface area (Å²) >= 11 is 0. The molecular weight excluding hydrogens is 304 g/mol. The first-order valence-electron chi connectivity index (χ1n) is 8.86. The van der Waals surface area contributed by atoms with Crippen molar-refractivity contribution in [2.24, 2.45) is 0 Å². The number of aryl methyl sites for hydroxylation is 1. The third kappa shape index (κ3) is 3.40. The normalized spacial score (nSPS) is 21.1. The Morgan fingerprint density at radius 2 is 1.92 bits per heavy atom. The van der Waals surface area contributed by atoms with Gasteiger partial charge in [-0.3, -0.25) is 4.79 Å². The number of hydrogen-bond donors (Lipinski definition) is 1. The van der Waals surface area contributed by atoms with Crippen molar-refractivity contribution in [1.82, 2.24) is 10.2 Å². The van der Waals surface area contributed by atoms with Gasteiger partial charge in [-0.25, -0.2) is 4.79 Å². The first-order chi connectivity index (χ1) is 11.6. The summed E-state index contributed by atoms with van der Waals surface area (Å²) in [6.45, 7) is 2.58. The smallest absolute Gasteiger partial charge is 0.318 e. The third-order valence-corrected chi connectivity index (χ3v) is 5.18. The number of carbonyl (C=O) groups excluding carboxylic acids is 2. The number of urea groups is 1. The van der Waals surface area contributed by atoms with E-state index >= 15 is 0 Å². The fourth-order valence-corrected chi connectivity index (χ4v) is 3.83. The summed E-state index contributed by atoms with van der Waals surface area (Å²) in [6.07, 6.45) is 6.08. The van der Waals surface area contributed by atoms with Gasteiger partial charge in [0.05, 0.1) is 13.2 Å². The van der Waals surface area contributed by atoms with Crippen molar-refractivity contribution in [2.75, 3.05) is 13.7 Å². The standard InChI is InChI=1S/C19H26N2O3/c1-13-12-14(9-10-17(13)24-2)18(22)16-8-5-11-21(16)19(23)20-15-6-3-4-7-15/h9-10,12,15-16H,3-8,11H2,1-2H3,(H,20,23). The number of Topliss-reactive ketones (excluding diaryl/α,β-unsaturated/α-hetero) is 1. The predicted octanol–water partition coefficient (Wildman–Crippen LogP) is 3.30. The van der Waals surface area contributed by atoms with E-state index in [9.17, 15) is 9.59 Å². The van der Waals surface area contributed by atoms with Gasteiger partial charge < -0.3 is 15.0 Å². The largest absolute Gasteiger partial charge is 0.496 e. The van der Waals surface area contributed by atoms with Gasteiger partial charge in [0.25, 0.3) is 0 Å². The average Bonchev–Trinajstić information content (AvgIpc) is 3.25. The maximum atomic E-state index is 12.9. The van der Waals surface area contributed by atoms with Gasteiger partial charge >= 0.3 is 6.03 Å². The van der Waals surface area contributed by atoms with Crippen LogP contribution >= 0.6 is 0 Å². The minimum atomic E-state index is -0.348. The van der Waals surface area contributed by atoms with Crippen molar-refractivity contribution in [3.63, 3.8) is 0 Å². The Kier molecular flexibility index (Phi) is 5.07. The van der Waals surface area contributed by atoms with Crippen LogP contribution in [0.3, 0.4) is 0 Å². The topological polar surface area (TPSA) is 58.6 Å². The van der Waals surface area contributed by atoms with Gasteiger partial charge in [0.1, 0.15) is 5.75 Å². The Balaban J connectivity index is 1.71. The van der Waals surface area contributed by atoms with Crippen LogP contribution in [0.25, 0.3) is 0 Å². The minimum Gasteiger partial charge on any atom is -0.496 e. The number of hydrogen-bond acceptors (Lipinski definition) is 3. The van der Waals surface area contributed by atoms with E-state index < -0.39 is 0 Å². The van der Waals surface area contributed by atoms with Crippen molar-refractivity contribution >= 4 is 11.8 Å². The maximum absolute atomic E-state index is 12.9. The molecule has 1 atom stereocenters. The zero-order valence-corrected chi connectivity index (χ0v) is 14.5. The molecule has 2 amide bonds. The summed E-state index contributed by atoms with van der Waals surface area (Å²) in [6, 6.07) is 5.31. The summed E-state index contributed by atoms with van der Waals surface area (Å²) < 4.78 is 5.25. The van der Waals surface area contributed by atoms with Crippen LogP contribution in [0, 0.1) is 6.92 Å². The highest BCUT2D eigenvalue weighted by atomic mass is 16.5. The molecule has 5 heteroatoms. The number of methoxy groups -OCH3 is 1. The number of rotatable bonds is 4. The van der Waals surface area contributed by atoms with E-state index in [-0.39, 0.29) is 23.9 Å². The van der Waals surface area contributed by atoms with Crippen LogP contribution in [-0.4, -0.2) is 42.5 Å². The molecule has 0 aromatic heterocycles. The Bertz CT molecular complexity index is 623. The molecule has 5 nitrogen and oxygen atoms in total. The molecule has 1 aliphatic carbocycles. The zero-order chi connectivity index (χ0) is 17.1. The molecule has 1 saturated carbocycles. The third-order valence-electron chi connectivity index (χ3n) is 5.18. The van der Waals surface area contributed by atoms with E-state index in [1.165, 1.54) is 12.8 Å². The van der Waals surface area contributed by atoms with E-state index in [0.717, 1.165) is 37.0 Å². The summed E-state index contributed by atoms with van der Waals surface area (Å²) in [4.78, 5) is 27.2. The van der Waals surface area contributed by atoms with Gasteiger partial charge in [0.2, 0.25) is 0 Å². The molecule has 1 aromatic rings. The van der Waals surface area contributed by atoms with Crippen molar-refractivity contribution in [1.29, 1.82) is 0 Å². The molecular formula is C19H26N2O3. The lowest BCUT2D eigenvalue weighted by Crippen LogP contribution is -2.48. The highest BCUT2D eigenvalue weighted by molar-refractivity contribution is 6.02. The highest BCUT2D eigenvalue weighted by Gasteiger charge is 2.35. The molecule has 2 fully saturated rings. The molecule has 24 heavy (non-hydrogen) atoms. The second-order valence-electron chi connectivity index (χ2n) is 6.83. The number of nitrogens with zero attached hydrogens (tertiary/aromatic N) is 1.